The van der Waals surface area contributed by atoms with Gasteiger partial charge in [-0.25, -0.2) is 14.5 Å². The minimum atomic E-state index is -4.43. The van der Waals surface area contributed by atoms with Crippen LogP contribution in [0.25, 0.3) is 5.65 Å². The molecule has 0 saturated heterocycles. The molecule has 0 aliphatic heterocycles. The van der Waals surface area contributed by atoms with Crippen molar-refractivity contribution in [3.63, 3.8) is 0 Å². The van der Waals surface area contributed by atoms with E-state index in [0.717, 1.165) is 17.2 Å². The Balaban J connectivity index is 1.67. The average Bonchev–Trinajstić information content (AvgIpc) is 3.43. The number of nitrogens with one attached hydrogen (secondary N) is 3. The molecule has 3 aromatic heterocycles. The maximum atomic E-state index is 14.0. The van der Waals surface area contributed by atoms with Gasteiger partial charge in [-0.15, -0.1) is 5.10 Å². The van der Waals surface area contributed by atoms with Gasteiger partial charge in [-0.1, -0.05) is 24.3 Å². The van der Waals surface area contributed by atoms with Crippen LogP contribution in [0, 0.1) is 11.4 Å². The van der Waals surface area contributed by atoms with Crippen molar-refractivity contribution in [1.82, 2.24) is 24.5 Å². The summed E-state index contributed by atoms with van der Waals surface area (Å²) < 4.78 is 54.1. The second-order valence-corrected chi connectivity index (χ2v) is 9.05. The van der Waals surface area contributed by atoms with E-state index < -0.39 is 36.4 Å². The fraction of sp³-hybridized carbons (Fsp3) is 0.250. The Bertz CT molecular complexity index is 1480. The third kappa shape index (κ3) is 6.22. The molecule has 0 saturated carbocycles. The number of amides is 1. The molecule has 0 spiro atoms. The number of aromatic nitrogens is 4. The number of carbonyl (C=O) groups excluding carboxylic acids is 1. The number of hydrogen-bond donors (Lipinski definition) is 3. The smallest absolute Gasteiger partial charge is 0.371 e. The van der Waals surface area contributed by atoms with Crippen LogP contribution >= 0.6 is 11.6 Å². The number of rotatable bonds is 9. The van der Waals surface area contributed by atoms with Crippen LogP contribution in [0.15, 0.2) is 54.1 Å². The molecular formula is C24H22ClF4N9O. The van der Waals surface area contributed by atoms with Crippen LogP contribution in [-0.4, -0.2) is 62.6 Å². The first-order chi connectivity index (χ1) is 18.5. The minimum Gasteiger partial charge on any atom is -0.371 e. The summed E-state index contributed by atoms with van der Waals surface area (Å²) in [6, 6.07) is 2.57. The second kappa shape index (κ2) is 11.2. The van der Waals surface area contributed by atoms with Crippen molar-refractivity contribution < 1.29 is 22.4 Å². The van der Waals surface area contributed by atoms with E-state index in [4.69, 9.17) is 17.0 Å². The Kier molecular flexibility index (Phi) is 7.95. The number of carbonyl (C=O) groups is 1. The van der Waals surface area contributed by atoms with Gasteiger partial charge in [0.2, 0.25) is 11.9 Å². The largest absolute Gasteiger partial charge is 0.405 e. The minimum absolute atomic E-state index is 0.139. The van der Waals surface area contributed by atoms with E-state index in [0.29, 0.717) is 16.8 Å². The van der Waals surface area contributed by atoms with E-state index in [1.54, 1.807) is 0 Å². The number of halogens is 5. The molecule has 204 valence electrons. The lowest BCUT2D eigenvalue weighted by Crippen LogP contribution is -2.27. The van der Waals surface area contributed by atoms with Gasteiger partial charge in [0.05, 0.1) is 34.7 Å². The summed E-state index contributed by atoms with van der Waals surface area (Å²) in [4.78, 5) is 22.7. The van der Waals surface area contributed by atoms with Crippen molar-refractivity contribution in [2.45, 2.75) is 24.4 Å². The summed E-state index contributed by atoms with van der Waals surface area (Å²) in [5, 5.41) is 17.4. The van der Waals surface area contributed by atoms with Crippen LogP contribution < -0.4 is 10.7 Å². The fourth-order valence-corrected chi connectivity index (χ4v) is 4.60. The lowest BCUT2D eigenvalue weighted by atomic mass is 9.94. The van der Waals surface area contributed by atoms with E-state index in [2.05, 4.69) is 37.5 Å². The molecule has 1 aliphatic rings. The van der Waals surface area contributed by atoms with E-state index in [9.17, 15) is 22.4 Å². The number of nitrogens with zero attached hydrogens (tertiary/aromatic N) is 6. The van der Waals surface area contributed by atoms with E-state index in [1.165, 1.54) is 48.5 Å². The molecule has 0 aromatic carbocycles. The van der Waals surface area contributed by atoms with Gasteiger partial charge < -0.3 is 15.6 Å². The van der Waals surface area contributed by atoms with Crippen LogP contribution in [0.1, 0.15) is 29.5 Å². The van der Waals surface area contributed by atoms with Gasteiger partial charge in [-0.3, -0.25) is 10.2 Å². The molecule has 3 N–H and O–H groups in total. The maximum absolute atomic E-state index is 14.0. The lowest BCUT2D eigenvalue weighted by Gasteiger charge is -2.21. The highest BCUT2D eigenvalue weighted by molar-refractivity contribution is 6.33. The molecule has 2 unspecified atom stereocenters. The highest BCUT2D eigenvalue weighted by atomic mass is 35.5. The Morgan fingerprint density at radius 3 is 2.77 bits per heavy atom. The Labute approximate surface area is 224 Å². The van der Waals surface area contributed by atoms with Crippen LogP contribution in [0.5, 0.6) is 0 Å². The number of pyridine rings is 1. The predicted molar refractivity (Wildman–Crippen MR) is 139 cm³/mol. The number of alkyl halides is 3. The average molecular weight is 564 g/mol. The molecule has 10 nitrogen and oxygen atoms in total. The van der Waals surface area contributed by atoms with Gasteiger partial charge in [-0.05, 0) is 18.1 Å². The normalized spacial score (nSPS) is 17.3. The highest BCUT2D eigenvalue weighted by Gasteiger charge is 2.40. The topological polar surface area (TPSA) is 124 Å². The molecule has 0 fully saturated rings. The van der Waals surface area contributed by atoms with Crippen molar-refractivity contribution in [3.05, 3.63) is 71.2 Å². The van der Waals surface area contributed by atoms with Gasteiger partial charge >= 0.3 is 6.18 Å². The zero-order valence-electron chi connectivity index (χ0n) is 20.4. The molecule has 1 aliphatic carbocycles. The van der Waals surface area contributed by atoms with Gasteiger partial charge in [-0.2, -0.15) is 22.7 Å². The molecule has 3 aromatic rings. The number of fused-ring (bicyclic) bond motifs is 3. The monoisotopic (exact) mass is 563 g/mol. The van der Waals surface area contributed by atoms with E-state index >= 15 is 0 Å². The van der Waals surface area contributed by atoms with Crippen LogP contribution in [0.4, 0.5) is 29.1 Å². The Morgan fingerprint density at radius 2 is 2.10 bits per heavy atom. The zero-order chi connectivity index (χ0) is 28.3. The molecule has 39 heavy (non-hydrogen) atoms. The van der Waals surface area contributed by atoms with Crippen LogP contribution in [0.3, 0.4) is 0 Å². The van der Waals surface area contributed by atoms with E-state index in [-0.39, 0.29) is 28.6 Å². The van der Waals surface area contributed by atoms with Crippen molar-refractivity contribution in [1.29, 1.82) is 5.41 Å². The molecule has 0 bridgehead atoms. The van der Waals surface area contributed by atoms with Crippen LogP contribution in [0.2, 0.25) is 5.02 Å². The summed E-state index contributed by atoms with van der Waals surface area (Å²) in [6.45, 7) is 2.56. The molecule has 0 radical (unpaired) electrons. The first kappa shape index (κ1) is 27.7. The van der Waals surface area contributed by atoms with Crippen LogP contribution in [-0.2, 0) is 4.79 Å². The van der Waals surface area contributed by atoms with Gasteiger partial charge in [0.1, 0.15) is 6.54 Å². The third-order valence-corrected chi connectivity index (χ3v) is 6.17. The molecule has 4 rings (SSSR count). The Morgan fingerprint density at radius 1 is 1.33 bits per heavy atom. The second-order valence-electron chi connectivity index (χ2n) is 8.64. The summed E-state index contributed by atoms with van der Waals surface area (Å²) in [6.07, 6.45) is 3.36. The zero-order valence-corrected chi connectivity index (χ0v) is 21.1. The van der Waals surface area contributed by atoms with Crippen molar-refractivity contribution >= 4 is 47.1 Å². The maximum Gasteiger partial charge on any atom is 0.405 e. The van der Waals surface area contributed by atoms with E-state index in [1.807, 2.05) is 0 Å². The SMILES string of the molecule is C=C/C(=C\N(C)CC(F)(F)F)C1CC(C(=O)Nc2cnc(N/N=C\C=N)c(Cl)c2)c2cnc3cc(F)nn3c21. The molecule has 2 atom stereocenters. The van der Waals surface area contributed by atoms with Gasteiger partial charge in [0.15, 0.2) is 11.5 Å². The van der Waals surface area contributed by atoms with Crippen molar-refractivity contribution in [2.75, 3.05) is 24.3 Å². The predicted octanol–water partition coefficient (Wildman–Crippen LogP) is 4.74. The van der Waals surface area contributed by atoms with Gasteiger partial charge in [0.25, 0.3) is 0 Å². The number of anilines is 2. The number of allylic oxidation sites excluding steroid dienone is 2. The molecule has 15 heteroatoms. The summed E-state index contributed by atoms with van der Waals surface area (Å²) in [7, 11) is 1.28. The summed E-state index contributed by atoms with van der Waals surface area (Å²) >= 11 is 6.21. The third-order valence-electron chi connectivity index (χ3n) is 5.88. The van der Waals surface area contributed by atoms with Crippen molar-refractivity contribution in [3.8, 4) is 0 Å². The first-order valence-corrected chi connectivity index (χ1v) is 11.8. The Hall–Kier alpha value is -4.33. The highest BCUT2D eigenvalue weighted by Crippen LogP contribution is 2.46. The molecule has 1 amide bonds. The lowest BCUT2D eigenvalue weighted by molar-refractivity contribution is -0.138. The van der Waals surface area contributed by atoms with Gasteiger partial charge in [0, 0.05) is 43.2 Å². The number of hydrazone groups is 1. The summed E-state index contributed by atoms with van der Waals surface area (Å²) in [5.41, 5.74) is 4.29. The standard InChI is InChI=1S/C24H22ClF4N9O/c1-3-13(11-37(2)12-24(27,28)29)15-7-16(17-10-31-20-8-19(26)36-38(20)21(15)17)23(39)34-14-6-18(25)22(32-9-14)35-33-5-4-30/h3-6,8-11,15-16,30H,1,7,12H2,2H3,(H,32,35)(H,34,39)/b13-11+,30-4?,33-5-. The molecule has 3 heterocycles. The molecular weight excluding hydrogens is 542 g/mol. The van der Waals surface area contributed by atoms with Crippen molar-refractivity contribution in [2.24, 2.45) is 5.10 Å². The quantitative estimate of drug-likeness (QED) is 0.150. The summed E-state index contributed by atoms with van der Waals surface area (Å²) in [5.74, 6) is -2.48. The first-order valence-electron chi connectivity index (χ1n) is 11.4. The number of hydrogen-bond acceptors (Lipinski definition) is 8. The fourth-order valence-electron chi connectivity index (χ4n) is 4.39.